The van der Waals surface area contributed by atoms with E-state index in [1.807, 2.05) is 5.32 Å². The van der Waals surface area contributed by atoms with Crippen LogP contribution in [0.2, 0.25) is 0 Å². The summed E-state index contributed by atoms with van der Waals surface area (Å²) in [5.74, 6) is -1.47. The molecule has 104 valence electrons. The molecule has 0 aliphatic heterocycles. The fraction of sp³-hybridized carbons (Fsp3) is 0.455. The number of urea groups is 1. The molecule has 1 heterocycles. The van der Waals surface area contributed by atoms with Crippen LogP contribution in [0.3, 0.4) is 0 Å². The monoisotopic (exact) mass is 268 g/mol. The third-order valence-electron chi connectivity index (χ3n) is 2.39. The van der Waals surface area contributed by atoms with Gasteiger partial charge in [-0.1, -0.05) is 0 Å². The Morgan fingerprint density at radius 3 is 2.53 bits per heavy atom. The van der Waals surface area contributed by atoms with Gasteiger partial charge < -0.3 is 5.11 Å². The van der Waals surface area contributed by atoms with Gasteiger partial charge in [0.2, 0.25) is 5.91 Å². The molecule has 3 N–H and O–H groups in total. The van der Waals surface area contributed by atoms with E-state index in [2.05, 4.69) is 10.4 Å². The van der Waals surface area contributed by atoms with Crippen LogP contribution >= 0.6 is 0 Å². The highest BCUT2D eigenvalue weighted by molar-refractivity contribution is 6.01. The van der Waals surface area contributed by atoms with Crippen LogP contribution in [0.4, 0.5) is 10.6 Å². The first-order valence-corrected chi connectivity index (χ1v) is 5.54. The van der Waals surface area contributed by atoms with Gasteiger partial charge in [-0.3, -0.25) is 24.9 Å². The second-order valence-electron chi connectivity index (χ2n) is 4.74. The zero-order valence-electron chi connectivity index (χ0n) is 10.9. The lowest BCUT2D eigenvalue weighted by molar-refractivity contribution is -0.149. The Morgan fingerprint density at radius 1 is 1.42 bits per heavy atom. The van der Waals surface area contributed by atoms with E-state index >= 15 is 0 Å². The molecular weight excluding hydrogens is 252 g/mol. The molecule has 0 aliphatic carbocycles. The van der Waals surface area contributed by atoms with Gasteiger partial charge in [0.1, 0.15) is 0 Å². The summed E-state index contributed by atoms with van der Waals surface area (Å²) >= 11 is 0. The predicted octanol–water partition coefficient (Wildman–Crippen LogP) is 0.569. The van der Waals surface area contributed by atoms with Gasteiger partial charge in [-0.2, -0.15) is 5.10 Å². The quantitative estimate of drug-likeness (QED) is 0.738. The topological polar surface area (TPSA) is 113 Å². The number of hydrogen-bond acceptors (Lipinski definition) is 4. The van der Waals surface area contributed by atoms with Gasteiger partial charge in [0, 0.05) is 25.7 Å². The molecule has 0 radical (unpaired) electrons. The van der Waals surface area contributed by atoms with Gasteiger partial charge in [-0.15, -0.1) is 0 Å². The molecule has 8 nitrogen and oxygen atoms in total. The molecule has 0 unspecified atom stereocenters. The Bertz CT molecular complexity index is 507. The van der Waals surface area contributed by atoms with Crippen molar-refractivity contribution in [3.8, 4) is 0 Å². The van der Waals surface area contributed by atoms with Crippen LogP contribution in [0.15, 0.2) is 12.3 Å². The number of carboxylic acids is 1. The number of aryl methyl sites for hydroxylation is 1. The summed E-state index contributed by atoms with van der Waals surface area (Å²) in [6.07, 6.45) is 1.34. The number of amides is 3. The summed E-state index contributed by atoms with van der Waals surface area (Å²) in [4.78, 5) is 33.8. The summed E-state index contributed by atoms with van der Waals surface area (Å²) in [6, 6.07) is 0.815. The molecule has 0 saturated heterocycles. The average molecular weight is 268 g/mol. The van der Waals surface area contributed by atoms with Crippen molar-refractivity contribution in [2.75, 3.05) is 5.32 Å². The van der Waals surface area contributed by atoms with Crippen molar-refractivity contribution in [1.82, 2.24) is 15.1 Å². The minimum absolute atomic E-state index is 0.294. The second-order valence-corrected chi connectivity index (χ2v) is 4.74. The van der Waals surface area contributed by atoms with Crippen LogP contribution in [0.5, 0.6) is 0 Å². The molecule has 1 rings (SSSR count). The lowest BCUT2D eigenvalue weighted by Crippen LogP contribution is -2.38. The summed E-state index contributed by atoms with van der Waals surface area (Å²) in [6.45, 7) is 2.82. The fourth-order valence-corrected chi connectivity index (χ4v) is 1.28. The van der Waals surface area contributed by atoms with E-state index in [1.165, 1.54) is 18.5 Å². The molecule has 3 amide bonds. The van der Waals surface area contributed by atoms with Gasteiger partial charge in [-0.05, 0) is 13.8 Å². The number of hydrogen-bond donors (Lipinski definition) is 3. The number of rotatable bonds is 4. The second kappa shape index (κ2) is 5.51. The lowest BCUT2D eigenvalue weighted by Gasteiger charge is -2.17. The maximum atomic E-state index is 11.5. The first-order chi connectivity index (χ1) is 8.70. The number of anilines is 1. The SMILES string of the molecule is Cn1ccc(NC(=O)NC(=O)CC(C)(C)C(=O)O)n1. The zero-order chi connectivity index (χ0) is 14.6. The van der Waals surface area contributed by atoms with Gasteiger partial charge in [0.15, 0.2) is 5.82 Å². The van der Waals surface area contributed by atoms with Gasteiger partial charge in [0.25, 0.3) is 0 Å². The van der Waals surface area contributed by atoms with Gasteiger partial charge in [-0.25, -0.2) is 4.79 Å². The van der Waals surface area contributed by atoms with E-state index in [4.69, 9.17) is 5.11 Å². The molecule has 0 bridgehead atoms. The molecular formula is C11H16N4O4. The van der Waals surface area contributed by atoms with E-state index < -0.39 is 23.3 Å². The Hall–Kier alpha value is -2.38. The third-order valence-corrected chi connectivity index (χ3v) is 2.39. The Labute approximate surface area is 109 Å². The fourth-order valence-electron chi connectivity index (χ4n) is 1.28. The number of imide groups is 1. The minimum atomic E-state index is -1.23. The summed E-state index contributed by atoms with van der Waals surface area (Å²) in [5, 5.41) is 17.2. The number of aliphatic carboxylic acids is 1. The molecule has 0 fully saturated rings. The molecule has 8 heteroatoms. The Kier molecular flexibility index (Phi) is 4.26. The molecule has 0 saturated carbocycles. The predicted molar refractivity (Wildman–Crippen MR) is 66.4 cm³/mol. The van der Waals surface area contributed by atoms with Crippen LogP contribution < -0.4 is 10.6 Å². The van der Waals surface area contributed by atoms with Crippen molar-refractivity contribution in [1.29, 1.82) is 0 Å². The van der Waals surface area contributed by atoms with Gasteiger partial charge in [0.05, 0.1) is 5.41 Å². The summed E-state index contributed by atoms with van der Waals surface area (Å²) in [5.41, 5.74) is -1.23. The number of carbonyl (C=O) groups excluding carboxylic acids is 2. The van der Waals surface area contributed by atoms with Crippen LogP contribution in [0, 0.1) is 5.41 Å². The van der Waals surface area contributed by atoms with E-state index in [0.29, 0.717) is 5.82 Å². The number of nitrogens with one attached hydrogen (secondary N) is 2. The van der Waals surface area contributed by atoms with Crippen molar-refractivity contribution < 1.29 is 19.5 Å². The van der Waals surface area contributed by atoms with Crippen LogP contribution in [0.25, 0.3) is 0 Å². The van der Waals surface area contributed by atoms with Crippen molar-refractivity contribution in [3.05, 3.63) is 12.3 Å². The molecule has 0 spiro atoms. The van der Waals surface area contributed by atoms with E-state index in [-0.39, 0.29) is 6.42 Å². The number of aromatic nitrogens is 2. The van der Waals surface area contributed by atoms with Crippen LogP contribution in [-0.4, -0.2) is 32.8 Å². The van der Waals surface area contributed by atoms with Crippen LogP contribution in [0.1, 0.15) is 20.3 Å². The Morgan fingerprint density at radius 2 is 2.05 bits per heavy atom. The van der Waals surface area contributed by atoms with E-state index in [0.717, 1.165) is 0 Å². The van der Waals surface area contributed by atoms with E-state index in [1.54, 1.807) is 19.3 Å². The summed E-state index contributed by atoms with van der Waals surface area (Å²) in [7, 11) is 1.68. The maximum Gasteiger partial charge on any atom is 0.327 e. The lowest BCUT2D eigenvalue weighted by atomic mass is 9.89. The standard InChI is InChI=1S/C11H16N4O4/c1-11(2,9(17)18)6-8(16)13-10(19)12-7-4-5-15(3)14-7/h4-5H,6H2,1-3H3,(H,17,18)(H2,12,13,14,16,19). The molecule has 1 aromatic heterocycles. The molecule has 0 aliphatic rings. The Balaban J connectivity index is 2.49. The highest BCUT2D eigenvalue weighted by Crippen LogP contribution is 2.19. The van der Waals surface area contributed by atoms with Crippen molar-refractivity contribution >= 4 is 23.7 Å². The van der Waals surface area contributed by atoms with Crippen molar-refractivity contribution in [3.63, 3.8) is 0 Å². The van der Waals surface area contributed by atoms with Crippen LogP contribution in [-0.2, 0) is 16.6 Å². The zero-order valence-corrected chi connectivity index (χ0v) is 10.9. The third kappa shape index (κ3) is 4.41. The summed E-state index contributed by atoms with van der Waals surface area (Å²) < 4.78 is 1.49. The molecule has 1 aromatic rings. The van der Waals surface area contributed by atoms with E-state index in [9.17, 15) is 14.4 Å². The largest absolute Gasteiger partial charge is 0.481 e. The molecule has 0 aromatic carbocycles. The van der Waals surface area contributed by atoms with Crippen molar-refractivity contribution in [2.45, 2.75) is 20.3 Å². The van der Waals surface area contributed by atoms with Gasteiger partial charge >= 0.3 is 12.0 Å². The number of nitrogens with zero attached hydrogens (tertiary/aromatic N) is 2. The highest BCUT2D eigenvalue weighted by Gasteiger charge is 2.30. The normalized spacial score (nSPS) is 10.9. The first kappa shape index (κ1) is 14.7. The molecule has 19 heavy (non-hydrogen) atoms. The maximum absolute atomic E-state index is 11.5. The minimum Gasteiger partial charge on any atom is -0.481 e. The first-order valence-electron chi connectivity index (χ1n) is 5.54. The smallest absolute Gasteiger partial charge is 0.327 e. The van der Waals surface area contributed by atoms with Crippen molar-refractivity contribution in [2.24, 2.45) is 12.5 Å². The molecule has 0 atom stereocenters. The number of carboxylic acid groups (broad SMARTS) is 1. The highest BCUT2D eigenvalue weighted by atomic mass is 16.4. The average Bonchev–Trinajstić information content (AvgIpc) is 2.61. The number of carbonyl (C=O) groups is 3.